The molecule has 2 aliphatic heterocycles. The molecule has 0 radical (unpaired) electrons. The van der Waals surface area contributed by atoms with Crippen LogP contribution in [0.3, 0.4) is 0 Å². The van der Waals surface area contributed by atoms with E-state index >= 15 is 0 Å². The molecule has 21 heavy (non-hydrogen) atoms. The molecule has 1 unspecified atom stereocenters. The highest BCUT2D eigenvalue weighted by Crippen LogP contribution is 2.50. The van der Waals surface area contributed by atoms with E-state index in [0.29, 0.717) is 17.9 Å². The van der Waals surface area contributed by atoms with Crippen molar-refractivity contribution >= 4 is 22.7 Å². The van der Waals surface area contributed by atoms with Crippen LogP contribution in [0.5, 0.6) is 5.75 Å². The van der Waals surface area contributed by atoms with Crippen molar-refractivity contribution in [3.63, 3.8) is 0 Å². The van der Waals surface area contributed by atoms with Gasteiger partial charge in [0.15, 0.2) is 12.0 Å². The number of rotatable bonds is 0. The average Bonchev–Trinajstić information content (AvgIpc) is 3.16. The zero-order valence-electron chi connectivity index (χ0n) is 10.9. The summed E-state index contributed by atoms with van der Waals surface area (Å²) in [5, 5.41) is 2.95. The van der Waals surface area contributed by atoms with E-state index in [2.05, 4.69) is 10.3 Å². The van der Waals surface area contributed by atoms with Crippen molar-refractivity contribution in [3.05, 3.63) is 53.9 Å². The largest absolute Gasteiger partial charge is 0.491 e. The van der Waals surface area contributed by atoms with Gasteiger partial charge in [-0.25, -0.2) is 4.98 Å². The molecule has 0 aliphatic carbocycles. The zero-order valence-corrected chi connectivity index (χ0v) is 10.9. The highest BCUT2D eigenvalue weighted by Gasteiger charge is 2.54. The first-order valence-electron chi connectivity index (χ1n) is 6.70. The van der Waals surface area contributed by atoms with E-state index in [-0.39, 0.29) is 5.91 Å². The first-order chi connectivity index (χ1) is 10.3. The molecule has 3 heterocycles. The number of nitrogens with one attached hydrogen (secondary N) is 1. The minimum Gasteiger partial charge on any atom is -0.491 e. The maximum Gasteiger partial charge on any atom is 0.243 e. The normalized spacial score (nSPS) is 22.2. The number of oxazole rings is 1. The lowest BCUT2D eigenvalue weighted by Crippen LogP contribution is -2.37. The molecule has 1 N–H and O–H groups in total. The molecular formula is C16H10N2O3. The number of hydrogen-bond acceptors (Lipinski definition) is 4. The smallest absolute Gasteiger partial charge is 0.243 e. The second-order valence-electron chi connectivity index (χ2n) is 5.36. The first kappa shape index (κ1) is 10.9. The van der Waals surface area contributed by atoms with Crippen LogP contribution in [0.4, 0.5) is 5.69 Å². The molecule has 2 aliphatic rings. The molecule has 1 aromatic heterocycles. The second kappa shape index (κ2) is 3.44. The van der Waals surface area contributed by atoms with Gasteiger partial charge in [-0.05, 0) is 17.7 Å². The topological polar surface area (TPSA) is 64.4 Å². The van der Waals surface area contributed by atoms with Crippen LogP contribution >= 0.6 is 0 Å². The van der Waals surface area contributed by atoms with E-state index in [9.17, 15) is 4.79 Å². The van der Waals surface area contributed by atoms with Gasteiger partial charge >= 0.3 is 0 Å². The van der Waals surface area contributed by atoms with Gasteiger partial charge in [-0.1, -0.05) is 18.2 Å². The van der Waals surface area contributed by atoms with Crippen molar-refractivity contribution < 1.29 is 13.9 Å². The van der Waals surface area contributed by atoms with Crippen molar-refractivity contribution in [2.24, 2.45) is 0 Å². The van der Waals surface area contributed by atoms with Crippen LogP contribution in [0.25, 0.3) is 11.1 Å². The number of amides is 1. The Morgan fingerprint density at radius 3 is 3.05 bits per heavy atom. The molecule has 5 rings (SSSR count). The number of nitrogens with zero attached hydrogens (tertiary/aromatic N) is 1. The molecule has 0 bridgehead atoms. The summed E-state index contributed by atoms with van der Waals surface area (Å²) < 4.78 is 11.2. The van der Waals surface area contributed by atoms with Gasteiger partial charge in [0.05, 0.1) is 0 Å². The minimum absolute atomic E-state index is 0.0543. The minimum atomic E-state index is -0.785. The molecule has 1 atom stereocenters. The highest BCUT2D eigenvalue weighted by atomic mass is 16.5. The van der Waals surface area contributed by atoms with Crippen LogP contribution < -0.4 is 10.1 Å². The summed E-state index contributed by atoms with van der Waals surface area (Å²) in [7, 11) is 0. The number of carbonyl (C=O) groups is 1. The Kier molecular flexibility index (Phi) is 1.78. The Morgan fingerprint density at radius 2 is 2.10 bits per heavy atom. The van der Waals surface area contributed by atoms with Gasteiger partial charge < -0.3 is 14.5 Å². The Bertz CT molecular complexity index is 915. The van der Waals surface area contributed by atoms with Crippen LogP contribution in [0, 0.1) is 0 Å². The SMILES string of the molecule is O=C1Nc2ccccc2C12COc1cc3ncoc3cc12. The maximum absolute atomic E-state index is 12.7. The quantitative estimate of drug-likeness (QED) is 0.686. The van der Waals surface area contributed by atoms with Gasteiger partial charge in [0.1, 0.15) is 23.3 Å². The summed E-state index contributed by atoms with van der Waals surface area (Å²) in [6, 6.07) is 11.4. The number of aromatic nitrogens is 1. The number of ether oxygens (including phenoxy) is 1. The summed E-state index contributed by atoms with van der Waals surface area (Å²) >= 11 is 0. The summed E-state index contributed by atoms with van der Waals surface area (Å²) in [6.45, 7) is 0.303. The van der Waals surface area contributed by atoms with Crippen molar-refractivity contribution in [1.82, 2.24) is 4.98 Å². The predicted molar refractivity (Wildman–Crippen MR) is 75.4 cm³/mol. The number of anilines is 1. The Labute approximate surface area is 119 Å². The van der Waals surface area contributed by atoms with Gasteiger partial charge in [-0.2, -0.15) is 0 Å². The molecular weight excluding hydrogens is 268 g/mol. The number of carbonyl (C=O) groups excluding carboxylic acids is 1. The van der Waals surface area contributed by atoms with Crippen LogP contribution in [-0.4, -0.2) is 17.5 Å². The Morgan fingerprint density at radius 1 is 1.19 bits per heavy atom. The highest BCUT2D eigenvalue weighted by molar-refractivity contribution is 6.10. The van der Waals surface area contributed by atoms with Crippen molar-refractivity contribution in [2.45, 2.75) is 5.41 Å². The van der Waals surface area contributed by atoms with Gasteiger partial charge in [0.2, 0.25) is 5.91 Å². The maximum atomic E-state index is 12.7. The molecule has 1 amide bonds. The summed E-state index contributed by atoms with van der Waals surface area (Å²) in [6.07, 6.45) is 1.40. The van der Waals surface area contributed by atoms with Crippen molar-refractivity contribution in [1.29, 1.82) is 0 Å². The lowest BCUT2D eigenvalue weighted by Gasteiger charge is -2.19. The molecule has 102 valence electrons. The van der Waals surface area contributed by atoms with Gasteiger partial charge in [-0.15, -0.1) is 0 Å². The van der Waals surface area contributed by atoms with Crippen LogP contribution in [0.15, 0.2) is 47.2 Å². The monoisotopic (exact) mass is 278 g/mol. The molecule has 0 fully saturated rings. The third-order valence-corrected chi connectivity index (χ3v) is 4.36. The molecule has 0 saturated heterocycles. The number of hydrogen-bond donors (Lipinski definition) is 1. The van der Waals surface area contributed by atoms with Gasteiger partial charge in [0.25, 0.3) is 0 Å². The summed E-state index contributed by atoms with van der Waals surface area (Å²) in [5.74, 6) is 0.643. The molecule has 0 saturated carbocycles. The van der Waals surface area contributed by atoms with E-state index in [0.717, 1.165) is 22.3 Å². The van der Waals surface area contributed by atoms with Crippen LogP contribution in [0.2, 0.25) is 0 Å². The molecule has 5 heteroatoms. The zero-order chi connectivity index (χ0) is 14.0. The number of para-hydroxylation sites is 1. The number of fused-ring (bicyclic) bond motifs is 5. The fraction of sp³-hybridized carbons (Fsp3) is 0.125. The second-order valence-corrected chi connectivity index (χ2v) is 5.36. The van der Waals surface area contributed by atoms with Gasteiger partial charge in [0, 0.05) is 17.3 Å². The van der Waals surface area contributed by atoms with E-state index in [1.807, 2.05) is 36.4 Å². The summed E-state index contributed by atoms with van der Waals surface area (Å²) in [4.78, 5) is 16.8. The molecule has 3 aromatic rings. The lowest BCUT2D eigenvalue weighted by molar-refractivity contribution is -0.119. The van der Waals surface area contributed by atoms with E-state index < -0.39 is 5.41 Å². The third-order valence-electron chi connectivity index (χ3n) is 4.36. The van der Waals surface area contributed by atoms with Gasteiger partial charge in [-0.3, -0.25) is 4.79 Å². The lowest BCUT2D eigenvalue weighted by atomic mass is 9.77. The van der Waals surface area contributed by atoms with Crippen molar-refractivity contribution in [3.8, 4) is 5.75 Å². The first-order valence-corrected chi connectivity index (χ1v) is 6.70. The standard InChI is InChI=1S/C16H10N2O3/c19-15-16(9-3-1-2-4-11(9)18-15)7-20-13-6-12-14(5-10(13)16)21-8-17-12/h1-6,8H,7H2,(H,18,19). The fourth-order valence-corrected chi connectivity index (χ4v) is 3.33. The Balaban J connectivity index is 1.85. The van der Waals surface area contributed by atoms with E-state index in [1.165, 1.54) is 6.39 Å². The van der Waals surface area contributed by atoms with Crippen LogP contribution in [0.1, 0.15) is 11.1 Å². The third kappa shape index (κ3) is 1.17. The Hall–Kier alpha value is -2.82. The van der Waals surface area contributed by atoms with E-state index in [1.54, 1.807) is 0 Å². The predicted octanol–water partition coefficient (Wildman–Crippen LogP) is 2.46. The number of benzene rings is 2. The van der Waals surface area contributed by atoms with Crippen molar-refractivity contribution in [2.75, 3.05) is 11.9 Å². The fourth-order valence-electron chi connectivity index (χ4n) is 3.33. The van der Waals surface area contributed by atoms with E-state index in [4.69, 9.17) is 9.15 Å². The molecule has 2 aromatic carbocycles. The van der Waals surface area contributed by atoms with Crippen LogP contribution in [-0.2, 0) is 10.2 Å². The molecule has 5 nitrogen and oxygen atoms in total. The molecule has 1 spiro atoms. The average molecular weight is 278 g/mol. The summed E-state index contributed by atoms with van der Waals surface area (Å²) in [5.41, 5.74) is 3.25.